The Bertz CT molecular complexity index is 637. The van der Waals surface area contributed by atoms with Gasteiger partial charge in [0.2, 0.25) is 0 Å². The van der Waals surface area contributed by atoms with Crippen LogP contribution in [0.15, 0.2) is 36.4 Å². The van der Waals surface area contributed by atoms with Crippen LogP contribution in [0.1, 0.15) is 29.5 Å². The third-order valence-electron chi connectivity index (χ3n) is 4.50. The van der Waals surface area contributed by atoms with Crippen molar-refractivity contribution < 1.29 is 0 Å². The van der Waals surface area contributed by atoms with Crippen LogP contribution in [0.4, 0.5) is 0 Å². The lowest BCUT2D eigenvalue weighted by Crippen LogP contribution is -2.28. The summed E-state index contributed by atoms with van der Waals surface area (Å²) in [6, 6.07) is 8.72. The smallest absolute Gasteiger partial charge is 0.0998 e. The van der Waals surface area contributed by atoms with Gasteiger partial charge in [-0.05, 0) is 55.7 Å². The Morgan fingerprint density at radius 1 is 1.18 bits per heavy atom. The van der Waals surface area contributed by atoms with Crippen LogP contribution in [0.2, 0.25) is 0 Å². The average molecular weight is 293 g/mol. The molecule has 0 amide bonds. The van der Waals surface area contributed by atoms with E-state index in [2.05, 4.69) is 59.3 Å². The van der Waals surface area contributed by atoms with Crippen LogP contribution in [0.25, 0.3) is 5.57 Å². The van der Waals surface area contributed by atoms with Crippen molar-refractivity contribution in [1.82, 2.24) is 9.80 Å². The van der Waals surface area contributed by atoms with E-state index in [4.69, 9.17) is 0 Å². The number of allylic oxidation sites excluding steroid dienone is 4. The second kappa shape index (κ2) is 6.91. The highest BCUT2D eigenvalue weighted by atomic mass is 15.2. The van der Waals surface area contributed by atoms with Crippen molar-refractivity contribution in [3.05, 3.63) is 53.1 Å². The molecule has 3 nitrogen and oxygen atoms in total. The Kier molecular flexibility index (Phi) is 4.72. The SMILES string of the molecule is CN1CCCN(Cc2ccc(C3=CCC=C3)c(C#N)c2)CC1. The summed E-state index contributed by atoms with van der Waals surface area (Å²) in [5, 5.41) is 9.47. The standard InChI is InChI=1S/C19H23N3/c1-21-9-4-10-22(12-11-21)15-16-7-8-19(18(13-16)14-20)17-5-2-3-6-17/h2,5-8,13H,3-4,9-12,15H2,1H3. The molecule has 3 rings (SSSR count). The van der Waals surface area contributed by atoms with Gasteiger partial charge in [-0.2, -0.15) is 5.26 Å². The molecule has 2 aliphatic rings. The highest BCUT2D eigenvalue weighted by Crippen LogP contribution is 2.26. The van der Waals surface area contributed by atoms with Crippen LogP contribution in [-0.2, 0) is 6.54 Å². The van der Waals surface area contributed by atoms with E-state index in [1.807, 2.05) is 0 Å². The number of likely N-dealkylation sites (N-methyl/N-ethyl adjacent to an activating group) is 1. The van der Waals surface area contributed by atoms with Gasteiger partial charge < -0.3 is 4.90 Å². The first-order chi connectivity index (χ1) is 10.8. The van der Waals surface area contributed by atoms with Crippen molar-refractivity contribution in [3.63, 3.8) is 0 Å². The molecular formula is C19H23N3. The number of hydrogen-bond acceptors (Lipinski definition) is 3. The Hall–Kier alpha value is -1.89. The summed E-state index contributed by atoms with van der Waals surface area (Å²) in [6.07, 6.45) is 8.62. The second-order valence-electron chi connectivity index (χ2n) is 6.22. The van der Waals surface area contributed by atoms with E-state index in [1.165, 1.54) is 24.1 Å². The minimum absolute atomic E-state index is 0.794. The van der Waals surface area contributed by atoms with Gasteiger partial charge in [-0.3, -0.25) is 4.90 Å². The first-order valence-electron chi connectivity index (χ1n) is 8.07. The minimum atomic E-state index is 0.794. The molecule has 0 N–H and O–H groups in total. The molecule has 1 heterocycles. The highest BCUT2D eigenvalue weighted by Gasteiger charge is 2.14. The van der Waals surface area contributed by atoms with Gasteiger partial charge >= 0.3 is 0 Å². The van der Waals surface area contributed by atoms with Crippen LogP contribution >= 0.6 is 0 Å². The largest absolute Gasteiger partial charge is 0.305 e. The number of nitriles is 1. The maximum absolute atomic E-state index is 9.47. The van der Waals surface area contributed by atoms with E-state index in [1.54, 1.807) is 0 Å². The van der Waals surface area contributed by atoms with Gasteiger partial charge in [-0.25, -0.2) is 0 Å². The molecule has 1 aliphatic carbocycles. The Morgan fingerprint density at radius 3 is 2.86 bits per heavy atom. The van der Waals surface area contributed by atoms with Crippen LogP contribution < -0.4 is 0 Å². The molecule has 22 heavy (non-hydrogen) atoms. The lowest BCUT2D eigenvalue weighted by Gasteiger charge is -2.20. The maximum atomic E-state index is 9.47. The predicted molar refractivity (Wildman–Crippen MR) is 90.3 cm³/mol. The van der Waals surface area contributed by atoms with E-state index in [0.717, 1.165) is 43.7 Å². The molecule has 114 valence electrons. The molecule has 1 fully saturated rings. The van der Waals surface area contributed by atoms with Gasteiger partial charge in [0, 0.05) is 19.6 Å². The zero-order valence-electron chi connectivity index (χ0n) is 13.3. The zero-order valence-corrected chi connectivity index (χ0v) is 13.3. The summed E-state index contributed by atoms with van der Waals surface area (Å²) < 4.78 is 0. The van der Waals surface area contributed by atoms with Crippen LogP contribution in [0.5, 0.6) is 0 Å². The fourth-order valence-corrected chi connectivity index (χ4v) is 3.21. The van der Waals surface area contributed by atoms with Crippen molar-refractivity contribution in [3.8, 4) is 6.07 Å². The fourth-order valence-electron chi connectivity index (χ4n) is 3.21. The summed E-state index contributed by atoms with van der Waals surface area (Å²) in [4.78, 5) is 4.89. The van der Waals surface area contributed by atoms with Gasteiger partial charge in [0.25, 0.3) is 0 Å². The van der Waals surface area contributed by atoms with Crippen molar-refractivity contribution in [2.24, 2.45) is 0 Å². The second-order valence-corrected chi connectivity index (χ2v) is 6.22. The fraction of sp³-hybridized carbons (Fsp3) is 0.421. The summed E-state index contributed by atoms with van der Waals surface area (Å²) >= 11 is 0. The van der Waals surface area contributed by atoms with E-state index < -0.39 is 0 Å². The van der Waals surface area contributed by atoms with Crippen LogP contribution in [-0.4, -0.2) is 43.0 Å². The molecule has 0 aromatic heterocycles. The monoisotopic (exact) mass is 293 g/mol. The van der Waals surface area contributed by atoms with E-state index in [9.17, 15) is 5.26 Å². The third kappa shape index (κ3) is 3.47. The van der Waals surface area contributed by atoms with Crippen LogP contribution in [0.3, 0.4) is 0 Å². The van der Waals surface area contributed by atoms with E-state index in [-0.39, 0.29) is 0 Å². The van der Waals surface area contributed by atoms with Crippen molar-refractivity contribution >= 4 is 5.57 Å². The molecule has 1 aromatic carbocycles. The molecule has 1 aliphatic heterocycles. The third-order valence-corrected chi connectivity index (χ3v) is 4.50. The molecule has 0 radical (unpaired) electrons. The lowest BCUT2D eigenvalue weighted by molar-refractivity contribution is 0.269. The summed E-state index contributed by atoms with van der Waals surface area (Å²) in [5.74, 6) is 0. The highest BCUT2D eigenvalue weighted by molar-refractivity contribution is 5.79. The van der Waals surface area contributed by atoms with E-state index >= 15 is 0 Å². The van der Waals surface area contributed by atoms with Crippen molar-refractivity contribution in [1.29, 1.82) is 5.26 Å². The molecule has 0 unspecified atom stereocenters. The minimum Gasteiger partial charge on any atom is -0.305 e. The van der Waals surface area contributed by atoms with Gasteiger partial charge in [0.05, 0.1) is 11.6 Å². The molecule has 0 bridgehead atoms. The Morgan fingerprint density at radius 2 is 2.09 bits per heavy atom. The Balaban J connectivity index is 1.75. The molecule has 0 saturated carbocycles. The topological polar surface area (TPSA) is 30.3 Å². The van der Waals surface area contributed by atoms with Gasteiger partial charge in [-0.15, -0.1) is 0 Å². The average Bonchev–Trinajstić information content (AvgIpc) is 2.99. The number of nitrogens with zero attached hydrogens (tertiary/aromatic N) is 3. The molecule has 0 spiro atoms. The molecule has 1 aromatic rings. The normalized spacial score (nSPS) is 19.7. The number of hydrogen-bond donors (Lipinski definition) is 0. The van der Waals surface area contributed by atoms with Crippen LogP contribution in [0, 0.1) is 11.3 Å². The van der Waals surface area contributed by atoms with Crippen molar-refractivity contribution in [2.45, 2.75) is 19.4 Å². The first-order valence-corrected chi connectivity index (χ1v) is 8.07. The number of benzene rings is 1. The molecular weight excluding hydrogens is 270 g/mol. The quantitative estimate of drug-likeness (QED) is 0.858. The lowest BCUT2D eigenvalue weighted by atomic mass is 9.98. The number of rotatable bonds is 3. The zero-order chi connectivity index (χ0) is 15.4. The Labute approximate surface area is 133 Å². The first kappa shape index (κ1) is 15.0. The van der Waals surface area contributed by atoms with Gasteiger partial charge in [0.1, 0.15) is 0 Å². The van der Waals surface area contributed by atoms with Gasteiger partial charge in [-0.1, -0.05) is 30.4 Å². The molecule has 3 heteroatoms. The summed E-state index contributed by atoms with van der Waals surface area (Å²) in [7, 11) is 2.19. The van der Waals surface area contributed by atoms with Gasteiger partial charge in [0.15, 0.2) is 0 Å². The predicted octanol–water partition coefficient (Wildman–Crippen LogP) is 3.04. The summed E-state index contributed by atoms with van der Waals surface area (Å²) in [6.45, 7) is 5.49. The van der Waals surface area contributed by atoms with Crippen molar-refractivity contribution in [2.75, 3.05) is 33.2 Å². The van der Waals surface area contributed by atoms with E-state index in [0.29, 0.717) is 0 Å². The summed E-state index contributed by atoms with van der Waals surface area (Å²) in [5.41, 5.74) is 4.28. The maximum Gasteiger partial charge on any atom is 0.0998 e. The molecule has 1 saturated heterocycles. The molecule has 0 atom stereocenters.